The Morgan fingerprint density at radius 2 is 1.75 bits per heavy atom. The van der Waals surface area contributed by atoms with Gasteiger partial charge in [-0.2, -0.15) is 8.78 Å². The lowest BCUT2D eigenvalue weighted by atomic mass is 9.98. The van der Waals surface area contributed by atoms with E-state index in [0.29, 0.717) is 35.1 Å². The van der Waals surface area contributed by atoms with Crippen LogP contribution in [0.25, 0.3) is 0 Å². The molecule has 2 atom stereocenters. The lowest BCUT2D eigenvalue weighted by molar-refractivity contribution is -0.0517. The number of methoxy groups -OCH3 is 1. The Morgan fingerprint density at radius 3 is 2.46 bits per heavy atom. The second-order valence-electron chi connectivity index (χ2n) is 12.5. The molecule has 1 aliphatic heterocycles. The summed E-state index contributed by atoms with van der Waals surface area (Å²) in [5, 5.41) is 4.18. The molecule has 3 heterocycles. The molecule has 0 bridgehead atoms. The summed E-state index contributed by atoms with van der Waals surface area (Å²) in [7, 11) is 3.65. The van der Waals surface area contributed by atoms with Crippen molar-refractivity contribution in [2.75, 3.05) is 53.7 Å². The van der Waals surface area contributed by atoms with Gasteiger partial charge in [-0.15, -0.1) is 11.3 Å². The lowest BCUT2D eigenvalue weighted by Crippen LogP contribution is -2.33. The number of rotatable bonds is 19. The summed E-state index contributed by atoms with van der Waals surface area (Å²) in [6.07, 6.45) is 4.32. The van der Waals surface area contributed by atoms with Gasteiger partial charge in [-0.3, -0.25) is 4.98 Å². The third-order valence-corrected chi connectivity index (χ3v) is 10.5. The van der Waals surface area contributed by atoms with Crippen LogP contribution < -0.4 is 14.8 Å². The van der Waals surface area contributed by atoms with Gasteiger partial charge in [0.2, 0.25) is 0 Å². The van der Waals surface area contributed by atoms with Crippen LogP contribution in [-0.4, -0.2) is 76.1 Å². The Hall–Kier alpha value is -3.36. The molecule has 1 saturated heterocycles. The van der Waals surface area contributed by atoms with Crippen molar-refractivity contribution in [3.63, 3.8) is 0 Å². The number of ether oxygens (including phenoxy) is 5. The molecule has 52 heavy (non-hydrogen) atoms. The fourth-order valence-electron chi connectivity index (χ4n) is 5.85. The number of hydrogen-bond donors (Lipinski definition) is 1. The molecule has 0 amide bonds. The SMILES string of the molecule is COCCOc1cc([C@H](Cc2c(Cl)cncc2Cl)OC(=O)c2ccc(CNC(COCC3CCN(C)CC3)c3ccccc3)s2)ccc1OC(F)F. The van der Waals surface area contributed by atoms with Crippen molar-refractivity contribution in [1.82, 2.24) is 15.2 Å². The van der Waals surface area contributed by atoms with E-state index in [9.17, 15) is 13.6 Å². The van der Waals surface area contributed by atoms with Gasteiger partial charge >= 0.3 is 12.6 Å². The van der Waals surface area contributed by atoms with Crippen LogP contribution in [-0.2, 0) is 27.2 Å². The van der Waals surface area contributed by atoms with E-state index >= 15 is 0 Å². The van der Waals surface area contributed by atoms with Crippen LogP contribution in [0.2, 0.25) is 10.0 Å². The van der Waals surface area contributed by atoms with Crippen molar-refractivity contribution in [3.8, 4) is 11.5 Å². The van der Waals surface area contributed by atoms with Crippen LogP contribution in [0.3, 0.4) is 0 Å². The zero-order chi connectivity index (χ0) is 36.9. The highest BCUT2D eigenvalue weighted by atomic mass is 35.5. The minimum absolute atomic E-state index is 0.0376. The molecule has 0 saturated carbocycles. The average molecular weight is 779 g/mol. The number of carbonyl (C=O) groups excluding carboxylic acids is 1. The molecule has 14 heteroatoms. The van der Waals surface area contributed by atoms with Gasteiger partial charge in [-0.05, 0) is 79.9 Å². The quantitative estimate of drug-likeness (QED) is 0.0745. The second kappa shape index (κ2) is 20.2. The fraction of sp³-hybridized carbons (Fsp3) is 0.421. The minimum Gasteiger partial charge on any atom is -0.487 e. The Kier molecular flexibility index (Phi) is 15.5. The van der Waals surface area contributed by atoms with Crippen LogP contribution in [0.1, 0.15) is 56.2 Å². The summed E-state index contributed by atoms with van der Waals surface area (Å²) < 4.78 is 54.1. The monoisotopic (exact) mass is 777 g/mol. The van der Waals surface area contributed by atoms with E-state index in [1.54, 1.807) is 6.07 Å². The van der Waals surface area contributed by atoms with Crippen LogP contribution in [0.5, 0.6) is 11.5 Å². The van der Waals surface area contributed by atoms with Gasteiger partial charge in [0.25, 0.3) is 0 Å². The molecular weight excluding hydrogens is 735 g/mol. The van der Waals surface area contributed by atoms with Gasteiger partial charge in [0.1, 0.15) is 17.6 Å². The van der Waals surface area contributed by atoms with Crippen molar-refractivity contribution in [2.45, 2.75) is 44.6 Å². The maximum atomic E-state index is 13.7. The first-order valence-electron chi connectivity index (χ1n) is 17.0. The molecule has 1 unspecified atom stereocenters. The zero-order valence-electron chi connectivity index (χ0n) is 29.1. The van der Waals surface area contributed by atoms with Crippen LogP contribution in [0, 0.1) is 5.92 Å². The summed E-state index contributed by atoms with van der Waals surface area (Å²) in [4.78, 5) is 21.4. The minimum atomic E-state index is -3.07. The highest BCUT2D eigenvalue weighted by molar-refractivity contribution is 7.13. The molecule has 1 aliphatic rings. The van der Waals surface area contributed by atoms with Gasteiger partial charge in [-0.25, -0.2) is 4.79 Å². The molecule has 5 rings (SSSR count). The Bertz CT molecular complexity index is 1690. The maximum absolute atomic E-state index is 13.7. The molecule has 2 aromatic heterocycles. The number of carbonyl (C=O) groups is 1. The average Bonchev–Trinajstić information content (AvgIpc) is 3.62. The van der Waals surface area contributed by atoms with Crippen LogP contribution in [0.4, 0.5) is 8.78 Å². The molecule has 1 N–H and O–H groups in total. The van der Waals surface area contributed by atoms with Gasteiger partial charge in [0.15, 0.2) is 11.5 Å². The Balaban J connectivity index is 1.29. The van der Waals surface area contributed by atoms with Gasteiger partial charge in [0, 0.05) is 44.0 Å². The van der Waals surface area contributed by atoms with Gasteiger partial charge in [-0.1, -0.05) is 59.6 Å². The number of benzene rings is 2. The summed E-state index contributed by atoms with van der Waals surface area (Å²) >= 11 is 14.2. The standard InChI is InChI=1S/C38H43Cl2F2N3O6S/c1-45-14-12-25(13-15-45)23-48-24-32(26-6-4-3-5-7-26)44-20-28-9-11-36(52-28)37(46)50-34(19-29-30(39)21-43-22-31(29)40)27-8-10-33(51-38(41)42)35(18-27)49-17-16-47-2/h3-11,18,21-22,25,32,34,38,44H,12-17,19-20,23-24H2,1-2H3/t32?,34-/m0/s1. The number of thiophene rings is 1. The smallest absolute Gasteiger partial charge is 0.387 e. The van der Waals surface area contributed by atoms with E-state index in [0.717, 1.165) is 43.0 Å². The summed E-state index contributed by atoms with van der Waals surface area (Å²) in [5.41, 5.74) is 2.08. The van der Waals surface area contributed by atoms with E-state index in [1.165, 1.54) is 49.0 Å². The summed E-state index contributed by atoms with van der Waals surface area (Å²) in [6.45, 7) is 1.17. The first kappa shape index (κ1) is 39.8. The molecule has 0 radical (unpaired) electrons. The number of esters is 1. The second-order valence-corrected chi connectivity index (χ2v) is 14.5. The summed E-state index contributed by atoms with van der Waals surface area (Å²) in [6, 6.07) is 18.1. The number of halogens is 4. The third kappa shape index (κ3) is 11.8. The predicted molar refractivity (Wildman–Crippen MR) is 198 cm³/mol. The normalized spacial score (nSPS) is 15.1. The third-order valence-electron chi connectivity index (χ3n) is 8.76. The van der Waals surface area contributed by atoms with Gasteiger partial charge in [0.05, 0.1) is 29.3 Å². The molecular formula is C38H43Cl2F2N3O6S. The van der Waals surface area contributed by atoms with Crippen molar-refractivity contribution >= 4 is 40.5 Å². The fourth-order valence-corrected chi connectivity index (χ4v) is 7.21. The lowest BCUT2D eigenvalue weighted by Gasteiger charge is -2.29. The van der Waals surface area contributed by atoms with Crippen molar-refractivity contribution in [3.05, 3.63) is 110 Å². The van der Waals surface area contributed by atoms with Crippen molar-refractivity contribution in [2.24, 2.45) is 5.92 Å². The van der Waals surface area contributed by atoms with E-state index < -0.39 is 18.7 Å². The van der Waals surface area contributed by atoms with Crippen molar-refractivity contribution < 1.29 is 37.3 Å². The number of nitrogens with zero attached hydrogens (tertiary/aromatic N) is 2. The molecule has 9 nitrogen and oxygen atoms in total. The van der Waals surface area contributed by atoms with E-state index in [2.05, 4.69) is 39.1 Å². The summed E-state index contributed by atoms with van der Waals surface area (Å²) in [5.74, 6) is -0.142. The molecule has 1 fully saturated rings. The van der Waals surface area contributed by atoms with Crippen molar-refractivity contribution in [1.29, 1.82) is 0 Å². The van der Waals surface area contributed by atoms with E-state index in [1.807, 2.05) is 24.3 Å². The molecule has 4 aromatic rings. The number of aromatic nitrogens is 1. The van der Waals surface area contributed by atoms with E-state index in [-0.39, 0.29) is 47.2 Å². The highest BCUT2D eigenvalue weighted by Gasteiger charge is 2.25. The molecule has 2 aromatic carbocycles. The predicted octanol–water partition coefficient (Wildman–Crippen LogP) is 8.41. The molecule has 0 spiro atoms. The highest BCUT2D eigenvalue weighted by Crippen LogP contribution is 2.37. The number of likely N-dealkylation sites (tertiary alicyclic amines) is 1. The largest absolute Gasteiger partial charge is 0.487 e. The first-order chi connectivity index (χ1) is 25.2. The maximum Gasteiger partial charge on any atom is 0.387 e. The van der Waals surface area contributed by atoms with E-state index in [4.69, 9.17) is 42.1 Å². The Morgan fingerprint density at radius 1 is 1.00 bits per heavy atom. The number of nitrogens with one attached hydrogen (secondary N) is 1. The molecule has 280 valence electrons. The number of pyridine rings is 1. The Labute approximate surface area is 317 Å². The number of hydrogen-bond acceptors (Lipinski definition) is 10. The zero-order valence-corrected chi connectivity index (χ0v) is 31.4. The van der Waals surface area contributed by atoms with Crippen LogP contribution in [0.15, 0.2) is 73.1 Å². The topological polar surface area (TPSA) is 91.4 Å². The number of alkyl halides is 2. The first-order valence-corrected chi connectivity index (χ1v) is 18.6. The van der Waals surface area contributed by atoms with Gasteiger partial charge < -0.3 is 33.9 Å². The number of piperidine rings is 1. The molecule has 0 aliphatic carbocycles. The van der Waals surface area contributed by atoms with Crippen LogP contribution >= 0.6 is 34.5 Å².